The fraction of sp³-hybridized carbons (Fsp3) is 0.500. The molecular weight excluding hydrogens is 160 g/mol. The molecule has 0 aliphatic rings. The van der Waals surface area contributed by atoms with Crippen LogP contribution in [0.1, 0.15) is 41.5 Å². The van der Waals surface area contributed by atoms with Gasteiger partial charge in [0.05, 0.1) is 5.76 Å². The lowest BCUT2D eigenvalue weighted by Crippen LogP contribution is -1.54. The van der Waals surface area contributed by atoms with Crippen LogP contribution in [-0.2, 0) is 0 Å². The van der Waals surface area contributed by atoms with Crippen LogP contribution < -0.4 is 0 Å². The average Bonchev–Trinajstić information content (AvgIpc) is 2.10. The van der Waals surface area contributed by atoms with Crippen LogP contribution in [0.4, 0.5) is 0 Å². The van der Waals surface area contributed by atoms with Gasteiger partial charge in [-0.1, -0.05) is 59.1 Å². The second-order valence-electron chi connectivity index (χ2n) is 1.79. The molecule has 0 bridgehead atoms. The van der Waals surface area contributed by atoms with E-state index in [1.54, 1.807) is 6.08 Å². The van der Waals surface area contributed by atoms with Gasteiger partial charge in [-0.3, -0.25) is 0 Å². The minimum absolute atomic E-state index is 0.167. The molecule has 0 atom stereocenters. The van der Waals surface area contributed by atoms with Gasteiger partial charge < -0.3 is 5.11 Å². The fourth-order valence-electron chi connectivity index (χ4n) is 0. The summed E-state index contributed by atoms with van der Waals surface area (Å²) in [5.74, 6) is 0.167. The molecule has 1 N–H and O–H groups in total. The zero-order valence-electron chi connectivity index (χ0n) is 10.1. The molecule has 0 amide bonds. The fourth-order valence-corrected chi connectivity index (χ4v) is 0. The Morgan fingerprint density at radius 2 is 1.08 bits per heavy atom. The van der Waals surface area contributed by atoms with E-state index in [0.29, 0.717) is 0 Å². The van der Waals surface area contributed by atoms with Gasteiger partial charge >= 0.3 is 0 Å². The maximum absolute atomic E-state index is 7.86. The van der Waals surface area contributed by atoms with Crippen LogP contribution in [0, 0.1) is 0 Å². The molecule has 0 unspecified atom stereocenters. The zero-order chi connectivity index (χ0) is 11.9. The average molecular weight is 186 g/mol. The van der Waals surface area contributed by atoms with Gasteiger partial charge in [0, 0.05) is 0 Å². The molecule has 0 saturated heterocycles. The predicted octanol–water partition coefficient (Wildman–Crippen LogP) is 4.88. The summed E-state index contributed by atoms with van der Waals surface area (Å²) in [6, 6.07) is 0. The van der Waals surface area contributed by atoms with Crippen molar-refractivity contribution in [2.45, 2.75) is 41.5 Å². The van der Waals surface area contributed by atoms with Crippen LogP contribution in [-0.4, -0.2) is 5.11 Å². The van der Waals surface area contributed by atoms with Gasteiger partial charge in [-0.15, -0.1) is 0 Å². The molecular formula is C12H26O. The van der Waals surface area contributed by atoms with Crippen molar-refractivity contribution in [3.05, 3.63) is 37.1 Å². The molecule has 1 heteroatoms. The van der Waals surface area contributed by atoms with E-state index < -0.39 is 0 Å². The van der Waals surface area contributed by atoms with E-state index in [4.69, 9.17) is 5.11 Å². The van der Waals surface area contributed by atoms with E-state index in [9.17, 15) is 0 Å². The molecule has 13 heavy (non-hydrogen) atoms. The third-order valence-electron chi connectivity index (χ3n) is 0.348. The van der Waals surface area contributed by atoms with E-state index in [-0.39, 0.29) is 5.76 Å². The van der Waals surface area contributed by atoms with Crippen LogP contribution >= 0.6 is 0 Å². The van der Waals surface area contributed by atoms with Crippen molar-refractivity contribution in [3.63, 3.8) is 0 Å². The highest BCUT2D eigenvalue weighted by Gasteiger charge is 1.59. The molecule has 0 rings (SSSR count). The lowest BCUT2D eigenvalue weighted by molar-refractivity contribution is 0.417. The summed E-state index contributed by atoms with van der Waals surface area (Å²) in [6.07, 6.45) is 1.72. The summed E-state index contributed by atoms with van der Waals surface area (Å²) in [4.78, 5) is 0. The molecule has 0 aromatic carbocycles. The van der Waals surface area contributed by atoms with E-state index in [0.717, 1.165) is 5.57 Å². The van der Waals surface area contributed by atoms with Crippen molar-refractivity contribution < 1.29 is 5.11 Å². The van der Waals surface area contributed by atoms with Crippen molar-refractivity contribution in [1.82, 2.24) is 0 Å². The van der Waals surface area contributed by atoms with Crippen molar-refractivity contribution in [1.29, 1.82) is 0 Å². The Kier molecular flexibility index (Phi) is 53.3. The molecule has 0 radical (unpaired) electrons. The van der Waals surface area contributed by atoms with Gasteiger partial charge in [-0.25, -0.2) is 0 Å². The molecule has 0 aromatic rings. The minimum Gasteiger partial charge on any atom is -0.513 e. The van der Waals surface area contributed by atoms with E-state index >= 15 is 0 Å². The van der Waals surface area contributed by atoms with Crippen molar-refractivity contribution in [2.24, 2.45) is 0 Å². The predicted molar refractivity (Wildman–Crippen MR) is 65.1 cm³/mol. The van der Waals surface area contributed by atoms with Crippen molar-refractivity contribution >= 4 is 0 Å². The summed E-state index contributed by atoms with van der Waals surface area (Å²) < 4.78 is 0. The van der Waals surface area contributed by atoms with E-state index in [2.05, 4.69) is 19.7 Å². The molecule has 0 spiro atoms. The molecule has 0 aromatic heterocycles. The summed E-state index contributed by atoms with van der Waals surface area (Å²) in [5.41, 5.74) is 1.02. The van der Waals surface area contributed by atoms with Crippen molar-refractivity contribution in [3.8, 4) is 0 Å². The normalized spacial score (nSPS) is 5.38. The quantitative estimate of drug-likeness (QED) is 0.457. The first kappa shape index (κ1) is 22.7. The number of allylic oxidation sites excluding steroid dienone is 3. The van der Waals surface area contributed by atoms with Crippen LogP contribution in [0.2, 0.25) is 0 Å². The Bertz CT molecular complexity index is 108. The van der Waals surface area contributed by atoms with Crippen LogP contribution in [0.25, 0.3) is 0 Å². The Labute approximate surface area is 84.5 Å². The minimum atomic E-state index is 0.167. The second kappa shape index (κ2) is 30.5. The van der Waals surface area contributed by atoms with Gasteiger partial charge in [0.2, 0.25) is 0 Å². The topological polar surface area (TPSA) is 20.2 Å². The first-order chi connectivity index (χ1) is 6.00. The van der Waals surface area contributed by atoms with Crippen LogP contribution in [0.15, 0.2) is 37.1 Å². The Morgan fingerprint density at radius 3 is 1.08 bits per heavy atom. The second-order valence-corrected chi connectivity index (χ2v) is 1.79. The summed E-state index contributed by atoms with van der Waals surface area (Å²) in [5, 5.41) is 7.86. The number of hydrogen-bond acceptors (Lipinski definition) is 1. The molecule has 0 aliphatic carbocycles. The van der Waals surface area contributed by atoms with E-state index in [1.165, 1.54) is 6.92 Å². The highest BCUT2D eigenvalue weighted by Crippen LogP contribution is 1.81. The van der Waals surface area contributed by atoms with E-state index in [1.807, 2.05) is 34.6 Å². The van der Waals surface area contributed by atoms with Crippen LogP contribution in [0.5, 0.6) is 0 Å². The SMILES string of the molecule is C=C(C)O.C=CC(=C)C.CC.CC. The monoisotopic (exact) mass is 186 g/mol. The molecule has 0 aliphatic heterocycles. The summed E-state index contributed by atoms with van der Waals surface area (Å²) in [6.45, 7) is 21.6. The largest absolute Gasteiger partial charge is 0.513 e. The summed E-state index contributed by atoms with van der Waals surface area (Å²) >= 11 is 0. The molecule has 80 valence electrons. The Morgan fingerprint density at radius 1 is 1.00 bits per heavy atom. The summed E-state index contributed by atoms with van der Waals surface area (Å²) in [7, 11) is 0. The third kappa shape index (κ3) is 862. The van der Waals surface area contributed by atoms with Gasteiger partial charge in [0.1, 0.15) is 0 Å². The lowest BCUT2D eigenvalue weighted by atomic mass is 10.4. The Hall–Kier alpha value is -0.980. The first-order valence-corrected chi connectivity index (χ1v) is 4.63. The number of rotatable bonds is 1. The highest BCUT2D eigenvalue weighted by molar-refractivity contribution is 5.05. The Balaban J connectivity index is -0.0000000457. The van der Waals surface area contributed by atoms with Gasteiger partial charge in [0.15, 0.2) is 0 Å². The maximum atomic E-state index is 7.86. The van der Waals surface area contributed by atoms with Gasteiger partial charge in [0.25, 0.3) is 0 Å². The molecule has 1 nitrogen and oxygen atoms in total. The third-order valence-corrected chi connectivity index (χ3v) is 0.348. The zero-order valence-corrected chi connectivity index (χ0v) is 10.1. The van der Waals surface area contributed by atoms with Gasteiger partial charge in [-0.05, 0) is 13.8 Å². The van der Waals surface area contributed by atoms with Crippen LogP contribution in [0.3, 0.4) is 0 Å². The smallest absolute Gasteiger partial charge is 0.0820 e. The lowest BCUT2D eigenvalue weighted by Gasteiger charge is -1.71. The maximum Gasteiger partial charge on any atom is 0.0820 e. The van der Waals surface area contributed by atoms with Crippen molar-refractivity contribution in [2.75, 3.05) is 0 Å². The number of aliphatic hydroxyl groups excluding tert-OH is 1. The molecule has 0 saturated carbocycles. The highest BCUT2D eigenvalue weighted by atomic mass is 16.3. The number of hydrogen-bond donors (Lipinski definition) is 1. The molecule has 0 heterocycles. The standard InChI is InChI=1S/C5H8.C3H6O.2C2H6/c1-4-5(2)3;1-3(2)4;2*1-2/h4H,1-2H2,3H3;4H,1H2,2H3;2*1-2H3. The molecule has 0 fully saturated rings. The first-order valence-electron chi connectivity index (χ1n) is 4.63. The number of aliphatic hydroxyl groups is 1. The van der Waals surface area contributed by atoms with Gasteiger partial charge in [-0.2, -0.15) is 0 Å².